The summed E-state index contributed by atoms with van der Waals surface area (Å²) in [5.41, 5.74) is 8.16. The molecular weight excluding hydrogens is 340 g/mol. The van der Waals surface area contributed by atoms with Gasteiger partial charge in [0.05, 0.1) is 11.4 Å². The smallest absolute Gasteiger partial charge is 0.124 e. The molecule has 0 aliphatic heterocycles. The molecule has 0 amide bonds. The van der Waals surface area contributed by atoms with E-state index in [1.165, 1.54) is 22.4 Å². The summed E-state index contributed by atoms with van der Waals surface area (Å²) in [6, 6.07) is 10.8. The van der Waals surface area contributed by atoms with Crippen molar-refractivity contribution in [2.75, 3.05) is 13.7 Å². The van der Waals surface area contributed by atoms with Gasteiger partial charge in [0.1, 0.15) is 5.01 Å². The minimum atomic E-state index is 0.755. The number of aromatic nitrogens is 2. The van der Waals surface area contributed by atoms with Crippen LogP contribution in [0.3, 0.4) is 0 Å². The van der Waals surface area contributed by atoms with Gasteiger partial charge in [0.25, 0.3) is 0 Å². The van der Waals surface area contributed by atoms with Gasteiger partial charge in [0.2, 0.25) is 0 Å². The molecule has 0 N–H and O–H groups in total. The molecule has 0 unspecified atom stereocenters. The zero-order valence-electron chi connectivity index (χ0n) is 16.0. The van der Waals surface area contributed by atoms with Crippen molar-refractivity contribution in [2.45, 2.75) is 33.7 Å². The third-order valence-electron chi connectivity index (χ3n) is 4.62. The lowest BCUT2D eigenvalue weighted by Gasteiger charge is -2.10. The maximum absolute atomic E-state index is 5.23. The highest BCUT2D eigenvalue weighted by Gasteiger charge is 2.16. The van der Waals surface area contributed by atoms with Crippen molar-refractivity contribution in [3.63, 3.8) is 0 Å². The van der Waals surface area contributed by atoms with Gasteiger partial charge < -0.3 is 9.30 Å². The lowest BCUT2D eigenvalue weighted by Crippen LogP contribution is -2.05. The van der Waals surface area contributed by atoms with Crippen molar-refractivity contribution in [2.24, 2.45) is 0 Å². The minimum absolute atomic E-state index is 0.755. The van der Waals surface area contributed by atoms with Crippen molar-refractivity contribution in [3.8, 4) is 22.0 Å². The highest BCUT2D eigenvalue weighted by atomic mass is 32.1. The molecule has 3 nitrogen and oxygen atoms in total. The molecule has 136 valence electrons. The van der Waals surface area contributed by atoms with Crippen LogP contribution >= 0.6 is 11.3 Å². The SMILES string of the molecule is C=C(C)c1cc(-c2csc(-c3ccc(C)cc3)n2)n(CCCOC)c1C. The van der Waals surface area contributed by atoms with Crippen molar-refractivity contribution >= 4 is 16.9 Å². The molecule has 4 heteroatoms. The molecule has 0 bridgehead atoms. The first kappa shape index (κ1) is 18.6. The summed E-state index contributed by atoms with van der Waals surface area (Å²) in [6.45, 7) is 12.1. The number of aryl methyl sites for hydroxylation is 1. The van der Waals surface area contributed by atoms with Crippen LogP contribution in [0.4, 0.5) is 0 Å². The molecule has 0 aliphatic carbocycles. The number of ether oxygens (including phenoxy) is 1. The van der Waals surface area contributed by atoms with Gasteiger partial charge in [0, 0.05) is 36.9 Å². The Morgan fingerprint density at radius 2 is 1.96 bits per heavy atom. The Bertz CT molecular complexity index is 903. The summed E-state index contributed by atoms with van der Waals surface area (Å²) >= 11 is 1.69. The standard InChI is InChI=1S/C22H26N2OS/c1-15(2)19-13-21(24(17(19)4)11-6-12-25-5)20-14-26-22(23-20)18-9-7-16(3)8-10-18/h7-10,13-14H,1,6,11-12H2,2-5H3. The molecule has 0 saturated heterocycles. The van der Waals surface area contributed by atoms with E-state index in [9.17, 15) is 0 Å². The predicted octanol–water partition coefficient (Wildman–Crippen LogP) is 5.97. The third kappa shape index (κ3) is 3.81. The number of nitrogens with zero attached hydrogens (tertiary/aromatic N) is 2. The van der Waals surface area contributed by atoms with Crippen LogP contribution < -0.4 is 0 Å². The zero-order valence-corrected chi connectivity index (χ0v) is 16.8. The van der Waals surface area contributed by atoms with Gasteiger partial charge in [0.15, 0.2) is 0 Å². The first-order valence-corrected chi connectivity index (χ1v) is 9.77. The molecule has 0 saturated carbocycles. The average molecular weight is 367 g/mol. The first-order chi connectivity index (χ1) is 12.5. The van der Waals surface area contributed by atoms with Gasteiger partial charge in [-0.15, -0.1) is 11.3 Å². The highest BCUT2D eigenvalue weighted by Crippen LogP contribution is 2.33. The van der Waals surface area contributed by atoms with Crippen LogP contribution in [0.25, 0.3) is 27.5 Å². The monoisotopic (exact) mass is 366 g/mol. The Morgan fingerprint density at radius 1 is 1.23 bits per heavy atom. The summed E-state index contributed by atoms with van der Waals surface area (Å²) in [5.74, 6) is 0. The minimum Gasteiger partial charge on any atom is -0.385 e. The van der Waals surface area contributed by atoms with Crippen LogP contribution in [0.1, 0.15) is 30.2 Å². The van der Waals surface area contributed by atoms with Crippen LogP contribution in [-0.4, -0.2) is 23.3 Å². The normalized spacial score (nSPS) is 11.1. The number of allylic oxidation sites excluding steroid dienone is 1. The molecule has 2 aromatic heterocycles. The predicted molar refractivity (Wildman–Crippen MR) is 112 cm³/mol. The van der Waals surface area contributed by atoms with Crippen LogP contribution in [0.15, 0.2) is 42.3 Å². The Labute approximate surface area is 160 Å². The largest absolute Gasteiger partial charge is 0.385 e. The lowest BCUT2D eigenvalue weighted by molar-refractivity contribution is 0.190. The van der Waals surface area contributed by atoms with Gasteiger partial charge >= 0.3 is 0 Å². The van der Waals surface area contributed by atoms with Crippen LogP contribution in [0.2, 0.25) is 0 Å². The Hall–Kier alpha value is -2.17. The number of hydrogen-bond donors (Lipinski definition) is 0. The van der Waals surface area contributed by atoms with Gasteiger partial charge in [-0.05, 0) is 44.4 Å². The molecule has 0 aliphatic rings. The van der Waals surface area contributed by atoms with Gasteiger partial charge in [-0.1, -0.05) is 36.4 Å². The molecule has 0 fully saturated rings. The van der Waals surface area contributed by atoms with Gasteiger partial charge in [-0.2, -0.15) is 0 Å². The average Bonchev–Trinajstić information content (AvgIpc) is 3.21. The molecule has 3 aromatic rings. The van der Waals surface area contributed by atoms with E-state index in [1.807, 2.05) is 0 Å². The number of thiazole rings is 1. The van der Waals surface area contributed by atoms with E-state index in [0.717, 1.165) is 41.5 Å². The zero-order chi connectivity index (χ0) is 18.7. The summed E-state index contributed by atoms with van der Waals surface area (Å²) < 4.78 is 7.57. The van der Waals surface area contributed by atoms with Gasteiger partial charge in [-0.3, -0.25) is 0 Å². The number of methoxy groups -OCH3 is 1. The summed E-state index contributed by atoms with van der Waals surface area (Å²) in [5, 5.41) is 3.21. The van der Waals surface area contributed by atoms with Crippen LogP contribution in [-0.2, 0) is 11.3 Å². The highest BCUT2D eigenvalue weighted by molar-refractivity contribution is 7.13. The molecule has 1 aromatic carbocycles. The van der Waals surface area contributed by atoms with Gasteiger partial charge in [-0.25, -0.2) is 4.98 Å². The topological polar surface area (TPSA) is 27.1 Å². The lowest BCUT2D eigenvalue weighted by atomic mass is 10.1. The fourth-order valence-corrected chi connectivity index (χ4v) is 3.98. The van der Waals surface area contributed by atoms with E-state index in [0.29, 0.717) is 0 Å². The number of hydrogen-bond acceptors (Lipinski definition) is 3. The van der Waals surface area contributed by atoms with E-state index >= 15 is 0 Å². The number of benzene rings is 1. The summed E-state index contributed by atoms with van der Waals surface area (Å²) in [4.78, 5) is 4.92. The molecular formula is C22H26N2OS. The molecule has 2 heterocycles. The van der Waals surface area contributed by atoms with E-state index in [-0.39, 0.29) is 0 Å². The summed E-state index contributed by atoms with van der Waals surface area (Å²) in [7, 11) is 1.75. The van der Waals surface area contributed by atoms with Crippen LogP contribution in [0, 0.1) is 13.8 Å². The maximum atomic E-state index is 5.23. The van der Waals surface area contributed by atoms with E-state index in [2.05, 4.69) is 67.6 Å². The second-order valence-electron chi connectivity index (χ2n) is 6.71. The molecule has 0 atom stereocenters. The number of rotatable bonds is 7. The first-order valence-electron chi connectivity index (χ1n) is 8.89. The summed E-state index contributed by atoms with van der Waals surface area (Å²) in [6.07, 6.45) is 0.976. The van der Waals surface area contributed by atoms with Crippen molar-refractivity contribution in [3.05, 3.63) is 59.1 Å². The maximum Gasteiger partial charge on any atom is 0.124 e. The quantitative estimate of drug-likeness (QED) is 0.482. The fraction of sp³-hybridized carbons (Fsp3) is 0.318. The van der Waals surface area contributed by atoms with E-state index in [1.54, 1.807) is 18.4 Å². The molecule has 26 heavy (non-hydrogen) atoms. The van der Waals surface area contributed by atoms with Crippen molar-refractivity contribution < 1.29 is 4.74 Å². The third-order valence-corrected chi connectivity index (χ3v) is 5.51. The molecule has 0 spiro atoms. The molecule has 3 rings (SSSR count). The van der Waals surface area contributed by atoms with E-state index < -0.39 is 0 Å². The Balaban J connectivity index is 1.98. The van der Waals surface area contributed by atoms with Crippen LogP contribution in [0.5, 0.6) is 0 Å². The fourth-order valence-electron chi connectivity index (χ4n) is 3.16. The second kappa shape index (κ2) is 8.02. The second-order valence-corrected chi connectivity index (χ2v) is 7.57. The Kier molecular flexibility index (Phi) is 5.74. The van der Waals surface area contributed by atoms with Crippen molar-refractivity contribution in [1.82, 2.24) is 9.55 Å². The van der Waals surface area contributed by atoms with E-state index in [4.69, 9.17) is 9.72 Å². The van der Waals surface area contributed by atoms with Crippen molar-refractivity contribution in [1.29, 1.82) is 0 Å². The molecule has 0 radical (unpaired) electrons. The Morgan fingerprint density at radius 3 is 2.62 bits per heavy atom.